The van der Waals surface area contributed by atoms with E-state index in [0.717, 1.165) is 5.76 Å². The summed E-state index contributed by atoms with van der Waals surface area (Å²) in [6.45, 7) is 10.2. The van der Waals surface area contributed by atoms with Gasteiger partial charge in [-0.25, -0.2) is 9.98 Å². The number of hydrogen-bond acceptors (Lipinski definition) is 5. The van der Waals surface area contributed by atoms with Crippen molar-refractivity contribution in [3.8, 4) is 0 Å². The number of carbonyl (C=O) groups is 1. The number of halogens is 1. The summed E-state index contributed by atoms with van der Waals surface area (Å²) in [5, 5.41) is 8.90. The van der Waals surface area contributed by atoms with Gasteiger partial charge < -0.3 is 25.1 Å². The van der Waals surface area contributed by atoms with Gasteiger partial charge in [0, 0.05) is 25.6 Å². The highest BCUT2D eigenvalue weighted by Gasteiger charge is 2.19. The van der Waals surface area contributed by atoms with Crippen LogP contribution in [0.1, 0.15) is 39.3 Å². The second-order valence-corrected chi connectivity index (χ2v) is 6.26. The molecule has 0 aliphatic heterocycles. The molecule has 0 radical (unpaired) electrons. The van der Waals surface area contributed by atoms with Crippen molar-refractivity contribution < 1.29 is 13.9 Å². The quantitative estimate of drug-likeness (QED) is 0.231. The third-order valence-corrected chi connectivity index (χ3v) is 3.05. The van der Waals surface area contributed by atoms with E-state index in [1.54, 1.807) is 13.3 Å². The molecule has 1 aromatic heterocycles. The third-order valence-electron chi connectivity index (χ3n) is 3.05. The van der Waals surface area contributed by atoms with Crippen molar-refractivity contribution in [1.29, 1.82) is 0 Å². The number of ether oxygens (including phenoxy) is 1. The van der Waals surface area contributed by atoms with E-state index in [1.807, 2.05) is 6.92 Å². The van der Waals surface area contributed by atoms with Crippen molar-refractivity contribution in [3.63, 3.8) is 0 Å². The Bertz CT molecular complexity index is 540. The Labute approximate surface area is 166 Å². The Kier molecular flexibility index (Phi) is 11.4. The summed E-state index contributed by atoms with van der Waals surface area (Å²) in [5.74, 6) is 1.79. The van der Waals surface area contributed by atoms with Crippen LogP contribution in [-0.4, -0.2) is 50.2 Å². The van der Waals surface area contributed by atoms with Crippen LogP contribution in [-0.2, 0) is 21.5 Å². The van der Waals surface area contributed by atoms with Gasteiger partial charge >= 0.3 is 0 Å². The Hall–Kier alpha value is -1.36. The van der Waals surface area contributed by atoms with Crippen LogP contribution in [0, 0.1) is 0 Å². The van der Waals surface area contributed by atoms with Crippen molar-refractivity contribution in [2.45, 2.75) is 39.7 Å². The zero-order valence-electron chi connectivity index (χ0n) is 15.6. The number of rotatable bonds is 8. The Morgan fingerprint density at radius 3 is 2.60 bits per heavy atom. The number of nitrogens with one attached hydrogen (secondary N) is 3. The van der Waals surface area contributed by atoms with Crippen molar-refractivity contribution in [1.82, 2.24) is 20.9 Å². The van der Waals surface area contributed by atoms with E-state index >= 15 is 0 Å². The SMILES string of the molecule is CCNC(=NCC(=O)NCCOC)NCc1ncc(C(C)(C)C)o1.I. The highest BCUT2D eigenvalue weighted by molar-refractivity contribution is 14.0. The first kappa shape index (κ1) is 23.6. The molecule has 1 amide bonds. The summed E-state index contributed by atoms with van der Waals surface area (Å²) < 4.78 is 10.6. The van der Waals surface area contributed by atoms with E-state index in [4.69, 9.17) is 9.15 Å². The molecule has 0 aromatic carbocycles. The number of aliphatic imine (C=N–C) groups is 1. The molecule has 0 bridgehead atoms. The smallest absolute Gasteiger partial charge is 0.241 e. The van der Waals surface area contributed by atoms with E-state index in [-0.39, 0.29) is 41.8 Å². The Morgan fingerprint density at radius 2 is 2.04 bits per heavy atom. The molecule has 0 fully saturated rings. The maximum Gasteiger partial charge on any atom is 0.241 e. The summed E-state index contributed by atoms with van der Waals surface area (Å²) in [4.78, 5) is 20.1. The van der Waals surface area contributed by atoms with Crippen molar-refractivity contribution >= 4 is 35.8 Å². The summed E-state index contributed by atoms with van der Waals surface area (Å²) in [6.07, 6.45) is 1.74. The van der Waals surface area contributed by atoms with Crippen molar-refractivity contribution in [2.75, 3.05) is 33.4 Å². The summed E-state index contributed by atoms with van der Waals surface area (Å²) in [5.41, 5.74) is -0.0792. The molecule has 0 spiro atoms. The summed E-state index contributed by atoms with van der Waals surface area (Å²) >= 11 is 0. The third kappa shape index (κ3) is 9.63. The fraction of sp³-hybridized carbons (Fsp3) is 0.688. The van der Waals surface area contributed by atoms with Gasteiger partial charge in [0.15, 0.2) is 5.96 Å². The standard InChI is InChI=1S/C16H29N5O3.HI/c1-6-17-15(20-10-13(22)18-7-8-23-5)21-11-14-19-9-12(24-14)16(2,3)4;/h9H,6-8,10-11H2,1-5H3,(H,18,22)(H2,17,20,21);1H. The Balaban J connectivity index is 0.00000576. The molecule has 9 heteroatoms. The van der Waals surface area contributed by atoms with Crippen LogP contribution >= 0.6 is 24.0 Å². The number of hydrogen-bond donors (Lipinski definition) is 3. The summed E-state index contributed by atoms with van der Waals surface area (Å²) in [7, 11) is 1.59. The molecule has 0 aliphatic carbocycles. The molecule has 1 rings (SSSR count). The molecule has 144 valence electrons. The molecule has 8 nitrogen and oxygen atoms in total. The molecule has 0 saturated heterocycles. The molecule has 1 aromatic rings. The van der Waals surface area contributed by atoms with Crippen molar-refractivity contribution in [3.05, 3.63) is 17.8 Å². The van der Waals surface area contributed by atoms with Gasteiger partial charge in [-0.1, -0.05) is 20.8 Å². The topological polar surface area (TPSA) is 101 Å². The minimum atomic E-state index is -0.157. The lowest BCUT2D eigenvalue weighted by molar-refractivity contribution is -0.119. The minimum Gasteiger partial charge on any atom is -0.443 e. The Morgan fingerprint density at radius 1 is 1.32 bits per heavy atom. The van der Waals surface area contributed by atoms with Crippen LogP contribution in [0.4, 0.5) is 0 Å². The largest absolute Gasteiger partial charge is 0.443 e. The van der Waals surface area contributed by atoms with E-state index in [0.29, 0.717) is 38.1 Å². The first-order valence-corrected chi connectivity index (χ1v) is 8.09. The zero-order chi connectivity index (χ0) is 18.0. The van der Waals surface area contributed by atoms with E-state index in [9.17, 15) is 4.79 Å². The van der Waals surface area contributed by atoms with Crippen LogP contribution < -0.4 is 16.0 Å². The van der Waals surface area contributed by atoms with Gasteiger partial charge in [-0.15, -0.1) is 24.0 Å². The van der Waals surface area contributed by atoms with Gasteiger partial charge in [0.05, 0.1) is 19.3 Å². The fourth-order valence-electron chi connectivity index (χ4n) is 1.74. The molecule has 0 atom stereocenters. The number of nitrogens with zero attached hydrogens (tertiary/aromatic N) is 2. The number of oxazole rings is 1. The predicted octanol–water partition coefficient (Wildman–Crippen LogP) is 1.41. The number of carbonyl (C=O) groups excluding carboxylic acids is 1. The molecule has 0 saturated carbocycles. The van der Waals surface area contributed by atoms with Crippen LogP contribution in [0.2, 0.25) is 0 Å². The van der Waals surface area contributed by atoms with Crippen LogP contribution in [0.5, 0.6) is 0 Å². The lowest BCUT2D eigenvalue weighted by atomic mass is 9.94. The van der Waals surface area contributed by atoms with E-state index < -0.39 is 0 Å². The van der Waals surface area contributed by atoms with E-state index in [2.05, 4.69) is 46.7 Å². The molecular weight excluding hydrogens is 437 g/mol. The maximum absolute atomic E-state index is 11.7. The molecule has 0 unspecified atom stereocenters. The van der Waals surface area contributed by atoms with Crippen molar-refractivity contribution in [2.24, 2.45) is 4.99 Å². The van der Waals surface area contributed by atoms with Crippen LogP contribution in [0.15, 0.2) is 15.6 Å². The van der Waals surface area contributed by atoms with Crippen LogP contribution in [0.3, 0.4) is 0 Å². The fourth-order valence-corrected chi connectivity index (χ4v) is 1.74. The van der Waals surface area contributed by atoms with Crippen LogP contribution in [0.25, 0.3) is 0 Å². The number of aromatic nitrogens is 1. The highest BCUT2D eigenvalue weighted by atomic mass is 127. The molecule has 0 aliphatic rings. The van der Waals surface area contributed by atoms with E-state index in [1.165, 1.54) is 0 Å². The molecule has 1 heterocycles. The second-order valence-electron chi connectivity index (χ2n) is 6.26. The lowest BCUT2D eigenvalue weighted by Crippen LogP contribution is -2.38. The monoisotopic (exact) mass is 467 g/mol. The number of methoxy groups -OCH3 is 1. The zero-order valence-corrected chi connectivity index (χ0v) is 18.0. The first-order chi connectivity index (χ1) is 11.4. The predicted molar refractivity (Wildman–Crippen MR) is 108 cm³/mol. The average molecular weight is 467 g/mol. The maximum atomic E-state index is 11.7. The number of guanidine groups is 1. The normalized spacial score (nSPS) is 11.6. The number of amides is 1. The lowest BCUT2D eigenvalue weighted by Gasteiger charge is -2.13. The second kappa shape index (κ2) is 12.1. The van der Waals surface area contributed by atoms with Gasteiger partial charge in [-0.3, -0.25) is 4.79 Å². The van der Waals surface area contributed by atoms with Gasteiger partial charge in [0.1, 0.15) is 12.3 Å². The summed E-state index contributed by atoms with van der Waals surface area (Å²) in [6, 6.07) is 0. The van der Waals surface area contributed by atoms with Gasteiger partial charge in [0.2, 0.25) is 11.8 Å². The first-order valence-electron chi connectivity index (χ1n) is 8.09. The molecule has 25 heavy (non-hydrogen) atoms. The average Bonchev–Trinajstić information content (AvgIpc) is 2.99. The van der Waals surface area contributed by atoms with Gasteiger partial charge in [-0.2, -0.15) is 0 Å². The highest BCUT2D eigenvalue weighted by Crippen LogP contribution is 2.22. The minimum absolute atomic E-state index is 0. The molecular formula is C16H30IN5O3. The molecule has 3 N–H and O–H groups in total. The van der Waals surface area contributed by atoms with Gasteiger partial charge in [-0.05, 0) is 6.92 Å². The van der Waals surface area contributed by atoms with Gasteiger partial charge in [0.25, 0.3) is 0 Å².